The third-order valence-corrected chi connectivity index (χ3v) is 1.78. The molecule has 0 heterocycles. The predicted molar refractivity (Wildman–Crippen MR) is 45.2 cm³/mol. The van der Waals surface area contributed by atoms with Crippen LogP contribution >= 0.6 is 0 Å². The zero-order valence-electron chi connectivity index (χ0n) is 7.32. The minimum absolute atomic E-state index is 0.817. The quantitative estimate of drug-likeness (QED) is 0.492. The normalized spacial score (nSPS) is 13.5. The summed E-state index contributed by atoms with van der Waals surface area (Å²) in [5.74, 6) is 0. The minimum atomic E-state index is 0.817. The molecular weight excluding hydrogens is 124 g/mol. The van der Waals surface area contributed by atoms with Crippen molar-refractivity contribution in [3.8, 4) is 0 Å². The minimum Gasteiger partial charge on any atom is -0.336 e. The molecule has 0 aromatic carbocycles. The summed E-state index contributed by atoms with van der Waals surface area (Å²) in [6, 6.07) is 0. The van der Waals surface area contributed by atoms with Gasteiger partial charge in [0, 0.05) is 6.54 Å². The Kier molecular flexibility index (Phi) is 6.98. The van der Waals surface area contributed by atoms with Gasteiger partial charge in [0.2, 0.25) is 0 Å². The van der Waals surface area contributed by atoms with Crippen LogP contribution < -0.4 is 10.6 Å². The Morgan fingerprint density at radius 2 is 1.90 bits per heavy atom. The average molecular weight is 145 g/mol. The molecule has 0 aliphatic carbocycles. The highest BCUT2D eigenvalue weighted by atomic mass is 15.1. The molecule has 0 saturated heterocycles. The van der Waals surface area contributed by atoms with Crippen molar-refractivity contribution in [2.24, 2.45) is 5.73 Å². The lowest BCUT2D eigenvalue weighted by molar-refractivity contribution is -0.878. The monoisotopic (exact) mass is 145 g/mol. The largest absolute Gasteiger partial charge is 0.336 e. The van der Waals surface area contributed by atoms with E-state index in [4.69, 9.17) is 5.73 Å². The fourth-order valence-corrected chi connectivity index (χ4v) is 1.05. The van der Waals surface area contributed by atoms with E-state index < -0.39 is 0 Å². The van der Waals surface area contributed by atoms with Crippen molar-refractivity contribution in [3.63, 3.8) is 0 Å². The van der Waals surface area contributed by atoms with Gasteiger partial charge >= 0.3 is 0 Å². The molecule has 1 atom stereocenters. The lowest BCUT2D eigenvalue weighted by Gasteiger charge is -2.11. The lowest BCUT2D eigenvalue weighted by atomic mass is 10.2. The van der Waals surface area contributed by atoms with Crippen molar-refractivity contribution in [2.75, 3.05) is 26.7 Å². The molecule has 1 unspecified atom stereocenters. The molecule has 0 radical (unpaired) electrons. The summed E-state index contributed by atoms with van der Waals surface area (Å²) in [6.07, 6.45) is 4.03. The fourth-order valence-electron chi connectivity index (χ4n) is 1.05. The second-order valence-corrected chi connectivity index (χ2v) is 2.95. The van der Waals surface area contributed by atoms with Gasteiger partial charge in [0.1, 0.15) is 0 Å². The van der Waals surface area contributed by atoms with Gasteiger partial charge in [0.15, 0.2) is 0 Å². The summed E-state index contributed by atoms with van der Waals surface area (Å²) in [5, 5.41) is 0. The molecule has 10 heavy (non-hydrogen) atoms. The van der Waals surface area contributed by atoms with Crippen LogP contribution in [0, 0.1) is 0 Å². The van der Waals surface area contributed by atoms with Crippen LogP contribution in [0.2, 0.25) is 0 Å². The van der Waals surface area contributed by atoms with E-state index in [1.807, 2.05) is 0 Å². The predicted octanol–water partition coefficient (Wildman–Crippen LogP) is -0.350. The molecule has 0 amide bonds. The first kappa shape index (κ1) is 9.92. The van der Waals surface area contributed by atoms with E-state index >= 15 is 0 Å². The van der Waals surface area contributed by atoms with Crippen LogP contribution in [0.4, 0.5) is 0 Å². The Balaban J connectivity index is 2.97. The standard InChI is InChI=1S/C8H20N2/c1-3-4-5-7-10(2)8-6-9/h3-9H2,1-2H3/p+1. The average Bonchev–Trinajstić information content (AvgIpc) is 1.89. The van der Waals surface area contributed by atoms with E-state index in [1.165, 1.54) is 25.8 Å². The van der Waals surface area contributed by atoms with Gasteiger partial charge in [-0.1, -0.05) is 13.3 Å². The second-order valence-electron chi connectivity index (χ2n) is 2.95. The third kappa shape index (κ3) is 6.05. The molecule has 0 aromatic heterocycles. The topological polar surface area (TPSA) is 30.5 Å². The van der Waals surface area contributed by atoms with Gasteiger partial charge in [-0.3, -0.25) is 0 Å². The van der Waals surface area contributed by atoms with Crippen molar-refractivity contribution < 1.29 is 4.90 Å². The van der Waals surface area contributed by atoms with Crippen LogP contribution in [-0.2, 0) is 0 Å². The number of quaternary nitrogens is 1. The van der Waals surface area contributed by atoms with Crippen LogP contribution in [-0.4, -0.2) is 26.7 Å². The summed E-state index contributed by atoms with van der Waals surface area (Å²) in [7, 11) is 2.21. The van der Waals surface area contributed by atoms with Crippen molar-refractivity contribution in [2.45, 2.75) is 26.2 Å². The van der Waals surface area contributed by atoms with Crippen LogP contribution in [0.25, 0.3) is 0 Å². The first-order chi connectivity index (χ1) is 4.81. The molecule has 3 N–H and O–H groups in total. The van der Waals surface area contributed by atoms with Crippen LogP contribution in [0.3, 0.4) is 0 Å². The Morgan fingerprint density at radius 3 is 2.40 bits per heavy atom. The highest BCUT2D eigenvalue weighted by Gasteiger charge is 1.97. The number of nitrogens with two attached hydrogens (primary N) is 1. The number of likely N-dealkylation sites (N-methyl/N-ethyl adjacent to an activating group) is 1. The summed E-state index contributed by atoms with van der Waals surface area (Å²) in [5.41, 5.74) is 5.41. The van der Waals surface area contributed by atoms with Crippen LogP contribution in [0.1, 0.15) is 26.2 Å². The van der Waals surface area contributed by atoms with Gasteiger partial charge in [0.25, 0.3) is 0 Å². The smallest absolute Gasteiger partial charge is 0.0893 e. The molecule has 0 rings (SSSR count). The number of unbranched alkanes of at least 4 members (excludes halogenated alkanes) is 2. The number of hydrogen-bond donors (Lipinski definition) is 2. The van der Waals surface area contributed by atoms with Crippen molar-refractivity contribution in [1.82, 2.24) is 0 Å². The van der Waals surface area contributed by atoms with Gasteiger partial charge in [-0.25, -0.2) is 0 Å². The molecule has 0 fully saturated rings. The molecule has 0 aliphatic heterocycles. The molecule has 0 saturated carbocycles. The SMILES string of the molecule is CCCCC[NH+](C)CCN. The zero-order chi connectivity index (χ0) is 7.82. The molecule has 0 aromatic rings. The Morgan fingerprint density at radius 1 is 1.20 bits per heavy atom. The van der Waals surface area contributed by atoms with E-state index in [0.29, 0.717) is 0 Å². The number of hydrogen-bond acceptors (Lipinski definition) is 1. The van der Waals surface area contributed by atoms with Gasteiger partial charge in [0.05, 0.1) is 20.1 Å². The Hall–Kier alpha value is -0.0800. The molecule has 0 spiro atoms. The van der Waals surface area contributed by atoms with Crippen molar-refractivity contribution in [3.05, 3.63) is 0 Å². The maximum Gasteiger partial charge on any atom is 0.0893 e. The molecule has 0 bridgehead atoms. The van der Waals surface area contributed by atoms with E-state index in [1.54, 1.807) is 4.90 Å². The maximum absolute atomic E-state index is 5.41. The molecule has 0 aliphatic rings. The first-order valence-electron chi connectivity index (χ1n) is 4.32. The number of nitrogens with one attached hydrogen (secondary N) is 1. The maximum atomic E-state index is 5.41. The summed E-state index contributed by atoms with van der Waals surface area (Å²) in [6.45, 7) is 5.45. The zero-order valence-corrected chi connectivity index (χ0v) is 7.32. The van der Waals surface area contributed by atoms with Crippen LogP contribution in [0.5, 0.6) is 0 Å². The summed E-state index contributed by atoms with van der Waals surface area (Å²) >= 11 is 0. The van der Waals surface area contributed by atoms with Gasteiger partial charge in [-0.05, 0) is 12.8 Å². The van der Waals surface area contributed by atoms with Crippen molar-refractivity contribution in [1.29, 1.82) is 0 Å². The van der Waals surface area contributed by atoms with Gasteiger partial charge in [-0.2, -0.15) is 0 Å². The molecular formula is C8H21N2+. The lowest BCUT2D eigenvalue weighted by Crippen LogP contribution is -3.09. The summed E-state index contributed by atoms with van der Waals surface area (Å²) in [4.78, 5) is 1.57. The van der Waals surface area contributed by atoms with E-state index in [2.05, 4.69) is 14.0 Å². The Bertz CT molecular complexity index is 64.3. The van der Waals surface area contributed by atoms with E-state index in [-0.39, 0.29) is 0 Å². The Labute approximate surface area is 64.4 Å². The molecule has 62 valence electrons. The number of rotatable bonds is 6. The van der Waals surface area contributed by atoms with E-state index in [9.17, 15) is 0 Å². The third-order valence-electron chi connectivity index (χ3n) is 1.78. The fraction of sp³-hybridized carbons (Fsp3) is 1.00. The van der Waals surface area contributed by atoms with Gasteiger partial charge < -0.3 is 10.6 Å². The molecule has 2 nitrogen and oxygen atoms in total. The highest BCUT2D eigenvalue weighted by Crippen LogP contribution is 1.88. The van der Waals surface area contributed by atoms with Crippen LogP contribution in [0.15, 0.2) is 0 Å². The van der Waals surface area contributed by atoms with Gasteiger partial charge in [-0.15, -0.1) is 0 Å². The first-order valence-corrected chi connectivity index (χ1v) is 4.32. The van der Waals surface area contributed by atoms with Crippen molar-refractivity contribution >= 4 is 0 Å². The molecule has 2 heteroatoms. The summed E-state index contributed by atoms with van der Waals surface area (Å²) < 4.78 is 0. The highest BCUT2D eigenvalue weighted by molar-refractivity contribution is 4.34. The van der Waals surface area contributed by atoms with E-state index in [0.717, 1.165) is 13.1 Å². The second kappa shape index (κ2) is 7.03.